The molecule has 1 heterocycles. The number of nitrogens with two attached hydrogens (primary N) is 1. The second-order valence-electron chi connectivity index (χ2n) is 4.21. The predicted molar refractivity (Wildman–Crippen MR) is 57.3 cm³/mol. The van der Waals surface area contributed by atoms with E-state index in [-0.39, 0.29) is 11.2 Å². The summed E-state index contributed by atoms with van der Waals surface area (Å²) in [6, 6.07) is 1.87. The SMILES string of the molecule is Cc1cc(C(=O)C(C)(C)C)c(N)s1. The normalized spacial score (nSPS) is 11.7. The maximum Gasteiger partial charge on any atom is 0.171 e. The van der Waals surface area contributed by atoms with Gasteiger partial charge >= 0.3 is 0 Å². The van der Waals surface area contributed by atoms with Gasteiger partial charge in [0.15, 0.2) is 5.78 Å². The first-order chi connectivity index (χ1) is 5.82. The number of Topliss-reactive ketones (excluding diaryl/α,β-unsaturated/α-hetero) is 1. The Hall–Kier alpha value is -0.830. The number of rotatable bonds is 1. The van der Waals surface area contributed by atoms with Crippen molar-refractivity contribution in [3.63, 3.8) is 0 Å². The number of carbonyl (C=O) groups is 1. The van der Waals surface area contributed by atoms with Crippen molar-refractivity contribution in [2.24, 2.45) is 5.41 Å². The molecule has 13 heavy (non-hydrogen) atoms. The second-order valence-corrected chi connectivity index (χ2v) is 5.50. The molecule has 0 aliphatic carbocycles. The zero-order valence-corrected chi connectivity index (χ0v) is 9.29. The number of nitrogen functional groups attached to an aromatic ring is 1. The van der Waals surface area contributed by atoms with Crippen molar-refractivity contribution in [1.82, 2.24) is 0 Å². The minimum absolute atomic E-state index is 0.120. The number of hydrogen-bond donors (Lipinski definition) is 1. The van der Waals surface area contributed by atoms with Crippen LogP contribution in [-0.4, -0.2) is 5.78 Å². The van der Waals surface area contributed by atoms with Crippen LogP contribution >= 0.6 is 11.3 Å². The smallest absolute Gasteiger partial charge is 0.171 e. The summed E-state index contributed by atoms with van der Waals surface area (Å²) in [6.45, 7) is 7.67. The molecule has 0 fully saturated rings. The van der Waals surface area contributed by atoms with Crippen molar-refractivity contribution in [2.45, 2.75) is 27.7 Å². The summed E-state index contributed by atoms with van der Waals surface area (Å²) in [6.07, 6.45) is 0. The first-order valence-electron chi connectivity index (χ1n) is 4.23. The van der Waals surface area contributed by atoms with Gasteiger partial charge in [-0.05, 0) is 13.0 Å². The van der Waals surface area contributed by atoms with E-state index in [1.165, 1.54) is 11.3 Å². The molecule has 0 bridgehead atoms. The van der Waals surface area contributed by atoms with E-state index in [4.69, 9.17) is 5.73 Å². The lowest BCUT2D eigenvalue weighted by Crippen LogP contribution is -2.20. The Morgan fingerprint density at radius 2 is 2.00 bits per heavy atom. The van der Waals surface area contributed by atoms with E-state index in [9.17, 15) is 4.79 Å². The van der Waals surface area contributed by atoms with Crippen molar-refractivity contribution in [1.29, 1.82) is 0 Å². The fourth-order valence-corrected chi connectivity index (χ4v) is 1.90. The van der Waals surface area contributed by atoms with Crippen LogP contribution in [0.3, 0.4) is 0 Å². The summed E-state index contributed by atoms with van der Waals surface area (Å²) >= 11 is 1.47. The highest BCUT2D eigenvalue weighted by molar-refractivity contribution is 7.16. The molecule has 0 atom stereocenters. The molecule has 0 spiro atoms. The molecule has 2 nitrogen and oxygen atoms in total. The lowest BCUT2D eigenvalue weighted by molar-refractivity contribution is 0.0859. The molecule has 0 aliphatic heterocycles. The third kappa shape index (κ3) is 2.10. The van der Waals surface area contributed by atoms with E-state index >= 15 is 0 Å². The van der Waals surface area contributed by atoms with Gasteiger partial charge in [-0.3, -0.25) is 4.79 Å². The summed E-state index contributed by atoms with van der Waals surface area (Å²) in [5, 5.41) is 0.637. The molecule has 72 valence electrons. The molecule has 0 amide bonds. The average Bonchev–Trinajstić information content (AvgIpc) is 2.26. The molecule has 0 unspecified atom stereocenters. The summed E-state index contributed by atoms with van der Waals surface area (Å²) in [4.78, 5) is 12.9. The molecule has 1 rings (SSSR count). The minimum Gasteiger partial charge on any atom is -0.390 e. The maximum absolute atomic E-state index is 11.8. The first-order valence-corrected chi connectivity index (χ1v) is 5.04. The van der Waals surface area contributed by atoms with Crippen LogP contribution in [0.1, 0.15) is 36.0 Å². The number of aryl methyl sites for hydroxylation is 1. The topological polar surface area (TPSA) is 43.1 Å². The third-order valence-corrected chi connectivity index (χ3v) is 2.69. The third-order valence-electron chi connectivity index (χ3n) is 1.81. The van der Waals surface area contributed by atoms with Crippen molar-refractivity contribution in [3.05, 3.63) is 16.5 Å². The van der Waals surface area contributed by atoms with Crippen LogP contribution in [0.2, 0.25) is 0 Å². The summed E-state index contributed by atoms with van der Waals surface area (Å²) in [7, 11) is 0. The van der Waals surface area contributed by atoms with Gasteiger partial charge in [-0.1, -0.05) is 20.8 Å². The van der Waals surface area contributed by atoms with Crippen LogP contribution < -0.4 is 5.73 Å². The number of thiophene rings is 1. The highest BCUT2D eigenvalue weighted by Crippen LogP contribution is 2.30. The molecule has 3 heteroatoms. The number of carbonyl (C=O) groups excluding carboxylic acids is 1. The standard InChI is InChI=1S/C10H15NOS/c1-6-5-7(9(11)13-6)8(12)10(2,3)4/h5H,11H2,1-4H3. The van der Waals surface area contributed by atoms with Crippen LogP contribution in [-0.2, 0) is 0 Å². The number of ketones is 1. The van der Waals surface area contributed by atoms with Gasteiger partial charge in [0.05, 0.1) is 10.6 Å². The fourth-order valence-electron chi connectivity index (χ4n) is 1.11. The molecule has 0 radical (unpaired) electrons. The van der Waals surface area contributed by atoms with Gasteiger partial charge in [0.2, 0.25) is 0 Å². The van der Waals surface area contributed by atoms with E-state index in [2.05, 4.69) is 0 Å². The Morgan fingerprint density at radius 1 is 1.46 bits per heavy atom. The van der Waals surface area contributed by atoms with E-state index in [1.807, 2.05) is 33.8 Å². The van der Waals surface area contributed by atoms with Gasteiger partial charge in [0.1, 0.15) is 0 Å². The maximum atomic E-state index is 11.8. The van der Waals surface area contributed by atoms with Gasteiger partial charge < -0.3 is 5.73 Å². The highest BCUT2D eigenvalue weighted by Gasteiger charge is 2.25. The average molecular weight is 197 g/mol. The largest absolute Gasteiger partial charge is 0.390 e. The molecule has 2 N–H and O–H groups in total. The van der Waals surface area contributed by atoms with E-state index in [0.717, 1.165) is 4.88 Å². The van der Waals surface area contributed by atoms with Crippen molar-refractivity contribution >= 4 is 22.1 Å². The van der Waals surface area contributed by atoms with Crippen LogP contribution in [0.4, 0.5) is 5.00 Å². The second kappa shape index (κ2) is 3.14. The molecule has 0 saturated heterocycles. The van der Waals surface area contributed by atoms with Crippen LogP contribution in [0.5, 0.6) is 0 Å². The summed E-state index contributed by atoms with van der Waals surface area (Å²) in [5.41, 5.74) is 6.07. The van der Waals surface area contributed by atoms with Gasteiger partial charge in [-0.15, -0.1) is 11.3 Å². The Bertz CT molecular complexity index is 333. The summed E-state index contributed by atoms with van der Waals surface area (Å²) in [5.74, 6) is 0.120. The zero-order valence-electron chi connectivity index (χ0n) is 8.47. The van der Waals surface area contributed by atoms with Gasteiger partial charge in [0.25, 0.3) is 0 Å². The quantitative estimate of drug-likeness (QED) is 0.703. The monoisotopic (exact) mass is 197 g/mol. The molecular formula is C10H15NOS. The molecule has 0 aliphatic rings. The fraction of sp³-hybridized carbons (Fsp3) is 0.500. The van der Waals surface area contributed by atoms with Crippen molar-refractivity contribution < 1.29 is 4.79 Å². The van der Waals surface area contributed by atoms with Gasteiger partial charge in [-0.2, -0.15) is 0 Å². The van der Waals surface area contributed by atoms with Gasteiger partial charge in [0, 0.05) is 10.3 Å². The Morgan fingerprint density at radius 3 is 2.31 bits per heavy atom. The Kier molecular flexibility index (Phi) is 2.48. The Balaban J connectivity index is 3.09. The molecular weight excluding hydrogens is 182 g/mol. The highest BCUT2D eigenvalue weighted by atomic mass is 32.1. The lowest BCUT2D eigenvalue weighted by Gasteiger charge is -2.15. The van der Waals surface area contributed by atoms with Gasteiger partial charge in [-0.25, -0.2) is 0 Å². The van der Waals surface area contributed by atoms with E-state index < -0.39 is 0 Å². The predicted octanol–water partition coefficient (Wildman–Crippen LogP) is 2.87. The number of anilines is 1. The first kappa shape index (κ1) is 10.3. The van der Waals surface area contributed by atoms with E-state index in [0.29, 0.717) is 10.6 Å². The molecule has 1 aromatic heterocycles. The molecule has 0 saturated carbocycles. The lowest BCUT2D eigenvalue weighted by atomic mass is 9.87. The van der Waals surface area contributed by atoms with Crippen molar-refractivity contribution in [2.75, 3.05) is 5.73 Å². The molecule has 0 aromatic carbocycles. The molecule has 1 aromatic rings. The van der Waals surface area contributed by atoms with Crippen LogP contribution in [0.25, 0.3) is 0 Å². The van der Waals surface area contributed by atoms with E-state index in [1.54, 1.807) is 0 Å². The van der Waals surface area contributed by atoms with Crippen molar-refractivity contribution in [3.8, 4) is 0 Å². The number of hydrogen-bond acceptors (Lipinski definition) is 3. The minimum atomic E-state index is -0.346. The Labute approximate surface area is 82.8 Å². The summed E-state index contributed by atoms with van der Waals surface area (Å²) < 4.78 is 0. The van der Waals surface area contributed by atoms with Crippen LogP contribution in [0.15, 0.2) is 6.07 Å². The van der Waals surface area contributed by atoms with Crippen LogP contribution in [0, 0.1) is 12.3 Å². The zero-order chi connectivity index (χ0) is 10.2.